The number of hydrogen-bond acceptors (Lipinski definition) is 2. The highest BCUT2D eigenvalue weighted by Crippen LogP contribution is 2.18. The zero-order chi connectivity index (χ0) is 13.9. The first-order valence-electron chi connectivity index (χ1n) is 7.08. The summed E-state index contributed by atoms with van der Waals surface area (Å²) in [5.41, 5.74) is 1.26. The molecule has 0 aliphatic carbocycles. The zero-order valence-electron chi connectivity index (χ0n) is 12.0. The van der Waals surface area contributed by atoms with Crippen molar-refractivity contribution in [3.63, 3.8) is 0 Å². The van der Waals surface area contributed by atoms with Crippen LogP contribution in [0.15, 0.2) is 29.2 Å². The predicted molar refractivity (Wildman–Crippen MR) is 84.4 cm³/mol. The van der Waals surface area contributed by atoms with Gasteiger partial charge in [0, 0.05) is 17.1 Å². The van der Waals surface area contributed by atoms with Gasteiger partial charge in [0.05, 0.1) is 0 Å². The molecule has 0 saturated heterocycles. The van der Waals surface area contributed by atoms with E-state index in [4.69, 9.17) is 0 Å². The Balaban J connectivity index is 2.18. The summed E-state index contributed by atoms with van der Waals surface area (Å²) in [5.74, 6) is 6.65. The first-order chi connectivity index (χ1) is 9.22. The molecular formula is C17H24OS. The van der Waals surface area contributed by atoms with Crippen LogP contribution in [-0.4, -0.2) is 17.0 Å². The van der Waals surface area contributed by atoms with E-state index in [1.54, 1.807) is 11.8 Å². The van der Waals surface area contributed by atoms with Crippen LogP contribution in [0.1, 0.15) is 44.6 Å². The van der Waals surface area contributed by atoms with Gasteiger partial charge in [-0.25, -0.2) is 0 Å². The van der Waals surface area contributed by atoms with Gasteiger partial charge < -0.3 is 5.11 Å². The van der Waals surface area contributed by atoms with Crippen LogP contribution < -0.4 is 0 Å². The predicted octanol–water partition coefficient (Wildman–Crippen LogP) is 4.42. The van der Waals surface area contributed by atoms with Crippen LogP contribution in [0.2, 0.25) is 0 Å². The molecule has 104 valence electrons. The van der Waals surface area contributed by atoms with Crippen molar-refractivity contribution in [2.75, 3.05) is 5.75 Å². The van der Waals surface area contributed by atoms with Crippen LogP contribution in [0.4, 0.5) is 0 Å². The first kappa shape index (κ1) is 16.1. The summed E-state index contributed by atoms with van der Waals surface area (Å²) in [6.45, 7) is 4.28. The van der Waals surface area contributed by atoms with Gasteiger partial charge in [0.2, 0.25) is 0 Å². The zero-order valence-corrected chi connectivity index (χ0v) is 12.8. The molecule has 1 nitrogen and oxygen atoms in total. The monoisotopic (exact) mass is 276 g/mol. The standard InChI is InChI=1S/C17H24OS/c1-3-4-5-6-7-8-9-16(18)14-19-17-12-10-15(2)11-13-17/h10-13,16,18H,3-7,14H2,1-2H3/t16-/m0/s1. The fraction of sp³-hybridized carbons (Fsp3) is 0.529. The van der Waals surface area contributed by atoms with Gasteiger partial charge in [-0.2, -0.15) is 0 Å². The molecule has 0 aliphatic heterocycles. The van der Waals surface area contributed by atoms with Crippen LogP contribution in [0.5, 0.6) is 0 Å². The Bertz CT molecular complexity index is 400. The summed E-state index contributed by atoms with van der Waals surface area (Å²) < 4.78 is 0. The largest absolute Gasteiger partial charge is 0.379 e. The summed E-state index contributed by atoms with van der Waals surface area (Å²) in [6.07, 6.45) is 5.33. The second kappa shape index (κ2) is 9.95. The highest BCUT2D eigenvalue weighted by molar-refractivity contribution is 7.99. The van der Waals surface area contributed by atoms with E-state index in [1.807, 2.05) is 0 Å². The van der Waals surface area contributed by atoms with E-state index in [0.29, 0.717) is 5.75 Å². The molecule has 1 aromatic carbocycles. The molecule has 1 atom stereocenters. The molecule has 1 rings (SSSR count). The first-order valence-corrected chi connectivity index (χ1v) is 8.07. The lowest BCUT2D eigenvalue weighted by molar-refractivity contribution is 0.258. The van der Waals surface area contributed by atoms with Crippen molar-refractivity contribution in [1.29, 1.82) is 0 Å². The molecule has 0 unspecified atom stereocenters. The number of aliphatic hydroxyl groups excluding tert-OH is 1. The molecule has 0 aromatic heterocycles. The molecule has 1 N–H and O–H groups in total. The minimum atomic E-state index is -0.516. The number of unbranched alkanes of at least 4 members (excludes halogenated alkanes) is 4. The van der Waals surface area contributed by atoms with E-state index < -0.39 is 6.10 Å². The van der Waals surface area contributed by atoms with Gasteiger partial charge in [-0.3, -0.25) is 0 Å². The Morgan fingerprint density at radius 1 is 1.16 bits per heavy atom. The molecule has 0 heterocycles. The maximum atomic E-state index is 9.77. The van der Waals surface area contributed by atoms with Gasteiger partial charge in [0.25, 0.3) is 0 Å². The topological polar surface area (TPSA) is 20.2 Å². The molecule has 1 aromatic rings. The summed E-state index contributed by atoms with van der Waals surface area (Å²) in [6, 6.07) is 8.36. The maximum absolute atomic E-state index is 9.77. The minimum absolute atomic E-state index is 0.516. The number of rotatable bonds is 7. The van der Waals surface area contributed by atoms with Crippen molar-refractivity contribution >= 4 is 11.8 Å². The molecule has 0 bridgehead atoms. The summed E-state index contributed by atoms with van der Waals surface area (Å²) in [7, 11) is 0. The molecular weight excluding hydrogens is 252 g/mol. The van der Waals surface area contributed by atoms with Gasteiger partial charge in [-0.15, -0.1) is 17.7 Å². The average Bonchev–Trinajstić information content (AvgIpc) is 2.42. The molecule has 0 aliphatic rings. The summed E-state index contributed by atoms with van der Waals surface area (Å²) >= 11 is 1.66. The Hall–Kier alpha value is -0.910. The van der Waals surface area contributed by atoms with E-state index >= 15 is 0 Å². The summed E-state index contributed by atoms with van der Waals surface area (Å²) in [4.78, 5) is 1.19. The fourth-order valence-electron chi connectivity index (χ4n) is 1.68. The fourth-order valence-corrected chi connectivity index (χ4v) is 2.44. The van der Waals surface area contributed by atoms with E-state index in [1.165, 1.54) is 29.7 Å². The maximum Gasteiger partial charge on any atom is 0.124 e. The average molecular weight is 276 g/mol. The Labute approximate surface area is 121 Å². The second-order valence-corrected chi connectivity index (χ2v) is 5.87. The molecule has 19 heavy (non-hydrogen) atoms. The van der Waals surface area contributed by atoms with Crippen LogP contribution >= 0.6 is 11.8 Å². The van der Waals surface area contributed by atoms with Gasteiger partial charge >= 0.3 is 0 Å². The van der Waals surface area contributed by atoms with Crippen molar-refractivity contribution in [2.24, 2.45) is 0 Å². The second-order valence-electron chi connectivity index (χ2n) is 4.77. The van der Waals surface area contributed by atoms with Crippen molar-refractivity contribution < 1.29 is 5.11 Å². The molecule has 0 amide bonds. The number of benzene rings is 1. The third-order valence-corrected chi connectivity index (χ3v) is 3.94. The van der Waals surface area contributed by atoms with Gasteiger partial charge in [-0.05, 0) is 25.5 Å². The lowest BCUT2D eigenvalue weighted by Crippen LogP contribution is -2.05. The Morgan fingerprint density at radius 2 is 1.89 bits per heavy atom. The summed E-state index contributed by atoms with van der Waals surface area (Å²) in [5, 5.41) is 9.77. The van der Waals surface area contributed by atoms with E-state index in [0.717, 1.165) is 12.8 Å². The molecule has 0 radical (unpaired) electrons. The molecule has 0 saturated carbocycles. The number of aliphatic hydroxyl groups is 1. The SMILES string of the molecule is CCCCCCC#C[C@H](O)CSc1ccc(C)cc1. The lowest BCUT2D eigenvalue weighted by Gasteiger charge is -2.03. The Morgan fingerprint density at radius 3 is 2.58 bits per heavy atom. The number of aryl methyl sites for hydroxylation is 1. The highest BCUT2D eigenvalue weighted by atomic mass is 32.2. The normalized spacial score (nSPS) is 11.7. The molecule has 0 fully saturated rings. The van der Waals surface area contributed by atoms with Crippen LogP contribution in [0, 0.1) is 18.8 Å². The van der Waals surface area contributed by atoms with E-state index in [2.05, 4.69) is 50.0 Å². The van der Waals surface area contributed by atoms with Crippen LogP contribution in [0.25, 0.3) is 0 Å². The third kappa shape index (κ3) is 7.97. The third-order valence-electron chi connectivity index (χ3n) is 2.85. The lowest BCUT2D eigenvalue weighted by atomic mass is 10.1. The minimum Gasteiger partial charge on any atom is -0.379 e. The molecule has 2 heteroatoms. The Kier molecular flexibility index (Phi) is 8.45. The van der Waals surface area contributed by atoms with Gasteiger partial charge in [0.1, 0.15) is 6.10 Å². The van der Waals surface area contributed by atoms with Crippen molar-refractivity contribution in [1.82, 2.24) is 0 Å². The van der Waals surface area contributed by atoms with E-state index in [-0.39, 0.29) is 0 Å². The number of thioether (sulfide) groups is 1. The van der Waals surface area contributed by atoms with Crippen molar-refractivity contribution in [2.45, 2.75) is 57.0 Å². The van der Waals surface area contributed by atoms with Crippen molar-refractivity contribution in [3.8, 4) is 11.8 Å². The smallest absolute Gasteiger partial charge is 0.124 e. The van der Waals surface area contributed by atoms with Crippen LogP contribution in [-0.2, 0) is 0 Å². The quantitative estimate of drug-likeness (QED) is 0.452. The highest BCUT2D eigenvalue weighted by Gasteiger charge is 2.00. The molecule has 0 spiro atoms. The van der Waals surface area contributed by atoms with E-state index in [9.17, 15) is 5.11 Å². The van der Waals surface area contributed by atoms with Gasteiger partial charge in [-0.1, -0.05) is 49.8 Å². The van der Waals surface area contributed by atoms with Gasteiger partial charge in [0.15, 0.2) is 0 Å². The van der Waals surface area contributed by atoms with Crippen molar-refractivity contribution in [3.05, 3.63) is 29.8 Å². The van der Waals surface area contributed by atoms with Crippen LogP contribution in [0.3, 0.4) is 0 Å². The number of hydrogen-bond donors (Lipinski definition) is 1.